The Morgan fingerprint density at radius 3 is 2.26 bits per heavy atom. The molecule has 4 aromatic rings. The van der Waals surface area contributed by atoms with Gasteiger partial charge in [0.25, 0.3) is 0 Å². The molecule has 0 aliphatic carbocycles. The highest BCUT2D eigenvalue weighted by molar-refractivity contribution is 7.15. The van der Waals surface area contributed by atoms with Gasteiger partial charge in [-0.25, -0.2) is 9.78 Å². The highest BCUT2D eigenvalue weighted by Crippen LogP contribution is 2.23. The molecular formula is C26H27ClN4O7S. The normalized spacial score (nSPS) is 11.3. The van der Waals surface area contributed by atoms with Crippen molar-refractivity contribution in [1.29, 1.82) is 0 Å². The summed E-state index contributed by atoms with van der Waals surface area (Å²) in [5.41, 5.74) is 1.71. The fourth-order valence-electron chi connectivity index (χ4n) is 3.81. The molecule has 11 nitrogen and oxygen atoms in total. The molecule has 0 spiro atoms. The average molecular weight is 575 g/mol. The van der Waals surface area contributed by atoms with Gasteiger partial charge in [-0.15, -0.1) is 11.3 Å². The van der Waals surface area contributed by atoms with Crippen molar-refractivity contribution in [3.05, 3.63) is 87.9 Å². The zero-order valence-electron chi connectivity index (χ0n) is 20.9. The molecule has 0 unspecified atom stereocenters. The number of halogens is 1. The van der Waals surface area contributed by atoms with Crippen LogP contribution >= 0.6 is 22.9 Å². The summed E-state index contributed by atoms with van der Waals surface area (Å²) in [5.74, 6) is -5.02. The van der Waals surface area contributed by atoms with E-state index in [1.165, 1.54) is 5.69 Å². The minimum atomic E-state index is -2.74. The molecule has 0 bridgehead atoms. The van der Waals surface area contributed by atoms with E-state index >= 15 is 0 Å². The maximum atomic E-state index is 10.3. The third-order valence-corrected chi connectivity index (χ3v) is 6.81. The van der Waals surface area contributed by atoms with Crippen molar-refractivity contribution in [1.82, 2.24) is 19.3 Å². The zero-order chi connectivity index (χ0) is 28.6. The quantitative estimate of drug-likeness (QED) is 0.207. The summed E-state index contributed by atoms with van der Waals surface area (Å²) >= 11 is 8.06. The van der Waals surface area contributed by atoms with Crippen LogP contribution in [0.4, 0.5) is 0 Å². The van der Waals surface area contributed by atoms with E-state index < -0.39 is 36.4 Å². The molecule has 0 fully saturated rings. The highest BCUT2D eigenvalue weighted by Gasteiger charge is 2.40. The third kappa shape index (κ3) is 8.32. The van der Waals surface area contributed by atoms with E-state index in [9.17, 15) is 14.4 Å². The van der Waals surface area contributed by atoms with Crippen LogP contribution < -0.4 is 0 Å². The van der Waals surface area contributed by atoms with Gasteiger partial charge in [-0.05, 0) is 30.7 Å². The first-order valence-electron chi connectivity index (χ1n) is 11.6. The molecule has 0 amide bonds. The fourth-order valence-corrected chi connectivity index (χ4v) is 4.79. The molecule has 3 aromatic heterocycles. The predicted molar refractivity (Wildman–Crippen MR) is 144 cm³/mol. The summed E-state index contributed by atoms with van der Waals surface area (Å²) in [5, 5.41) is 36.7. The number of imidazole rings is 1. The molecule has 3 heterocycles. The second-order valence-electron chi connectivity index (χ2n) is 8.73. The van der Waals surface area contributed by atoms with Gasteiger partial charge in [0.2, 0.25) is 0 Å². The number of aryl methyl sites for hydroxylation is 1. The molecule has 0 saturated heterocycles. The molecule has 0 radical (unpaired) electrons. The van der Waals surface area contributed by atoms with Gasteiger partial charge in [0.15, 0.2) is 10.6 Å². The standard InChI is InChI=1S/C20H19ClN4S.C6H8O7/c1-15-19(25-10-11-26-20(25)23-15)14-24(13-17-7-4-5-9-22-17)12-16-6-2-3-8-18(16)21;7-3(8)1-6(13,5(11)12)2-4(9)10/h2-11H,12-14H2,1H3;13H,1-2H2,(H,7,8)(H,9,10)(H,11,12). The monoisotopic (exact) mass is 574 g/mol. The molecule has 39 heavy (non-hydrogen) atoms. The summed E-state index contributed by atoms with van der Waals surface area (Å²) in [6.07, 6.45) is 1.64. The minimum absolute atomic E-state index is 0.753. The maximum Gasteiger partial charge on any atom is 0.336 e. The topological polar surface area (TPSA) is 166 Å². The van der Waals surface area contributed by atoms with Crippen LogP contribution in [0.3, 0.4) is 0 Å². The number of benzene rings is 1. The summed E-state index contributed by atoms with van der Waals surface area (Å²) in [6, 6.07) is 14.0. The van der Waals surface area contributed by atoms with E-state index in [1.807, 2.05) is 36.5 Å². The number of carboxylic acid groups (broad SMARTS) is 3. The van der Waals surface area contributed by atoms with Crippen molar-refractivity contribution >= 4 is 45.8 Å². The van der Waals surface area contributed by atoms with Crippen molar-refractivity contribution in [3.63, 3.8) is 0 Å². The molecule has 0 saturated carbocycles. The van der Waals surface area contributed by atoms with Crippen LogP contribution in [-0.4, -0.2) is 63.2 Å². The summed E-state index contributed by atoms with van der Waals surface area (Å²) < 4.78 is 2.18. The second kappa shape index (κ2) is 13.3. The lowest BCUT2D eigenvalue weighted by Crippen LogP contribution is -2.42. The Kier molecular flexibility index (Phi) is 10.1. The molecular weight excluding hydrogens is 548 g/mol. The van der Waals surface area contributed by atoms with Gasteiger partial charge in [-0.1, -0.05) is 35.9 Å². The zero-order valence-corrected chi connectivity index (χ0v) is 22.5. The van der Waals surface area contributed by atoms with Crippen LogP contribution in [0.5, 0.6) is 0 Å². The first-order chi connectivity index (χ1) is 18.5. The summed E-state index contributed by atoms with van der Waals surface area (Å²) in [7, 11) is 0. The van der Waals surface area contributed by atoms with Crippen molar-refractivity contribution < 1.29 is 34.8 Å². The van der Waals surface area contributed by atoms with E-state index in [4.69, 9.17) is 32.0 Å². The van der Waals surface area contributed by atoms with E-state index in [-0.39, 0.29) is 0 Å². The van der Waals surface area contributed by atoms with Crippen molar-refractivity contribution in [2.45, 2.75) is 45.0 Å². The fraction of sp³-hybridized carbons (Fsp3) is 0.269. The summed E-state index contributed by atoms with van der Waals surface area (Å²) in [4.78, 5) is 43.0. The number of hydrogen-bond acceptors (Lipinski definition) is 8. The Morgan fingerprint density at radius 2 is 1.67 bits per heavy atom. The Morgan fingerprint density at radius 1 is 1.00 bits per heavy atom. The number of thiazole rings is 1. The molecule has 13 heteroatoms. The number of fused-ring (bicyclic) bond motifs is 1. The lowest BCUT2D eigenvalue weighted by atomic mass is 9.96. The van der Waals surface area contributed by atoms with Crippen LogP contribution in [0.25, 0.3) is 4.96 Å². The largest absolute Gasteiger partial charge is 0.481 e. The Balaban J connectivity index is 0.000000276. The molecule has 0 atom stereocenters. The smallest absolute Gasteiger partial charge is 0.336 e. The number of carbonyl (C=O) groups is 3. The SMILES string of the molecule is Cc1nc2sccn2c1CN(Cc1ccccn1)Cc1ccccc1Cl.O=C(O)CC(O)(CC(=O)O)C(=O)O. The Hall–Kier alpha value is -3.84. The van der Waals surface area contributed by atoms with E-state index in [1.54, 1.807) is 11.3 Å². The average Bonchev–Trinajstić information content (AvgIpc) is 3.42. The maximum absolute atomic E-state index is 10.3. The number of carboxylic acids is 3. The van der Waals surface area contributed by atoms with Crippen LogP contribution in [0.1, 0.15) is 35.5 Å². The van der Waals surface area contributed by atoms with Gasteiger partial charge in [-0.3, -0.25) is 23.9 Å². The molecule has 0 aliphatic heterocycles. The molecule has 0 aliphatic rings. The van der Waals surface area contributed by atoms with Crippen LogP contribution in [0.2, 0.25) is 5.02 Å². The van der Waals surface area contributed by atoms with E-state index in [0.29, 0.717) is 0 Å². The first kappa shape index (κ1) is 29.7. The van der Waals surface area contributed by atoms with Gasteiger partial charge in [-0.2, -0.15) is 0 Å². The van der Waals surface area contributed by atoms with E-state index in [2.05, 4.69) is 49.9 Å². The number of nitrogens with zero attached hydrogens (tertiary/aromatic N) is 4. The number of aliphatic carboxylic acids is 3. The number of hydrogen-bond donors (Lipinski definition) is 4. The van der Waals surface area contributed by atoms with Crippen LogP contribution in [0.15, 0.2) is 60.2 Å². The van der Waals surface area contributed by atoms with Crippen molar-refractivity contribution in [3.8, 4) is 0 Å². The highest BCUT2D eigenvalue weighted by atomic mass is 35.5. The number of aliphatic hydroxyl groups is 1. The second-order valence-corrected chi connectivity index (χ2v) is 10.0. The van der Waals surface area contributed by atoms with Crippen LogP contribution in [-0.2, 0) is 34.0 Å². The van der Waals surface area contributed by atoms with Crippen molar-refractivity contribution in [2.75, 3.05) is 0 Å². The van der Waals surface area contributed by atoms with Gasteiger partial charge in [0, 0.05) is 42.4 Å². The number of rotatable bonds is 11. The Bertz CT molecular complexity index is 1420. The number of aromatic nitrogens is 3. The molecule has 4 N–H and O–H groups in total. The third-order valence-electron chi connectivity index (χ3n) is 5.68. The van der Waals surface area contributed by atoms with Crippen molar-refractivity contribution in [2.24, 2.45) is 0 Å². The summed E-state index contributed by atoms with van der Waals surface area (Å²) in [6.45, 7) is 4.37. The van der Waals surface area contributed by atoms with Crippen LogP contribution in [0, 0.1) is 6.92 Å². The van der Waals surface area contributed by atoms with Gasteiger partial charge >= 0.3 is 17.9 Å². The van der Waals surface area contributed by atoms with E-state index in [0.717, 1.165) is 46.6 Å². The molecule has 4 rings (SSSR count). The number of pyridine rings is 1. The predicted octanol–water partition coefficient (Wildman–Crippen LogP) is 3.71. The lowest BCUT2D eigenvalue weighted by molar-refractivity contribution is -0.170. The van der Waals surface area contributed by atoms with Gasteiger partial charge < -0.3 is 20.4 Å². The molecule has 206 valence electrons. The van der Waals surface area contributed by atoms with Gasteiger partial charge in [0.05, 0.1) is 29.9 Å². The first-order valence-corrected chi connectivity index (χ1v) is 12.9. The lowest BCUT2D eigenvalue weighted by Gasteiger charge is -2.22. The Labute approximate surface area is 232 Å². The van der Waals surface area contributed by atoms with Gasteiger partial charge in [0.1, 0.15) is 0 Å². The minimum Gasteiger partial charge on any atom is -0.481 e. The molecule has 1 aromatic carbocycles.